The van der Waals surface area contributed by atoms with E-state index in [1.54, 1.807) is 36.7 Å². The maximum absolute atomic E-state index is 14.9. The van der Waals surface area contributed by atoms with E-state index >= 15 is 0 Å². The van der Waals surface area contributed by atoms with E-state index in [9.17, 15) is 9.18 Å². The zero-order valence-corrected chi connectivity index (χ0v) is 21.6. The summed E-state index contributed by atoms with van der Waals surface area (Å²) in [6, 6.07) is 15.3. The van der Waals surface area contributed by atoms with E-state index < -0.39 is 5.82 Å². The molecule has 0 aliphatic carbocycles. The number of halogens is 2. The first-order chi connectivity index (χ1) is 18.5. The number of hydrogen-bond acceptors (Lipinski definition) is 4. The summed E-state index contributed by atoms with van der Waals surface area (Å²) in [5.41, 5.74) is 5.47. The number of rotatable bonds is 6. The van der Waals surface area contributed by atoms with Gasteiger partial charge < -0.3 is 15.2 Å². The highest BCUT2D eigenvalue weighted by atomic mass is 35.5. The summed E-state index contributed by atoms with van der Waals surface area (Å²) in [7, 11) is 0. The molecule has 1 aliphatic rings. The monoisotopic (exact) mass is 527 g/mol. The van der Waals surface area contributed by atoms with E-state index in [1.807, 2.05) is 12.3 Å². The van der Waals surface area contributed by atoms with Crippen LogP contribution in [0.2, 0.25) is 5.02 Å². The van der Waals surface area contributed by atoms with Gasteiger partial charge in [0, 0.05) is 66.2 Å². The lowest BCUT2D eigenvalue weighted by Gasteiger charge is -2.28. The highest BCUT2D eigenvalue weighted by molar-refractivity contribution is 6.35. The number of hydrogen-bond donors (Lipinski definition) is 2. The Morgan fingerprint density at radius 3 is 2.79 bits per heavy atom. The van der Waals surface area contributed by atoms with Crippen LogP contribution in [0, 0.1) is 5.82 Å². The summed E-state index contributed by atoms with van der Waals surface area (Å²) in [5, 5.41) is 4.56. The van der Waals surface area contributed by atoms with Crippen LogP contribution in [0.15, 0.2) is 67.1 Å². The Balaban J connectivity index is 1.16. The molecule has 8 heteroatoms. The molecule has 6 rings (SSSR count). The van der Waals surface area contributed by atoms with Crippen LogP contribution in [0.1, 0.15) is 46.4 Å². The standard InChI is InChI=1S/C30H27ClFN5O/c31-25-18-35-27-7-5-21(29(32)28(25)27)16-36-30(38)20-8-9-33-23(14-20)13-19-4-6-26-22(12-19)15-24(17-34-26)37-10-2-1-3-11-37/h4-9,12,14-15,17-18,35H,1-3,10-11,13,16H2,(H,36,38). The van der Waals surface area contributed by atoms with Gasteiger partial charge in [0.15, 0.2) is 0 Å². The number of anilines is 1. The lowest BCUT2D eigenvalue weighted by Crippen LogP contribution is -2.29. The van der Waals surface area contributed by atoms with Gasteiger partial charge in [-0.25, -0.2) is 4.39 Å². The molecule has 5 aromatic rings. The molecule has 6 nitrogen and oxygen atoms in total. The van der Waals surface area contributed by atoms with E-state index in [1.165, 1.54) is 24.9 Å². The second-order valence-electron chi connectivity index (χ2n) is 9.76. The Hall–Kier alpha value is -3.97. The summed E-state index contributed by atoms with van der Waals surface area (Å²) in [6.45, 7) is 2.20. The fraction of sp³-hybridized carbons (Fsp3) is 0.233. The zero-order chi connectivity index (χ0) is 26.1. The van der Waals surface area contributed by atoms with Gasteiger partial charge in [-0.1, -0.05) is 23.7 Å². The fourth-order valence-electron chi connectivity index (χ4n) is 5.13. The topological polar surface area (TPSA) is 73.9 Å². The molecule has 1 amide bonds. The first kappa shape index (κ1) is 24.4. The molecule has 4 heterocycles. The first-order valence-corrected chi connectivity index (χ1v) is 13.2. The van der Waals surface area contributed by atoms with Crippen molar-refractivity contribution in [3.05, 3.63) is 100 Å². The highest BCUT2D eigenvalue weighted by Crippen LogP contribution is 2.28. The van der Waals surface area contributed by atoms with E-state index in [4.69, 9.17) is 11.6 Å². The van der Waals surface area contributed by atoms with Gasteiger partial charge in [-0.15, -0.1) is 0 Å². The minimum absolute atomic E-state index is 0.0524. The van der Waals surface area contributed by atoms with Crippen LogP contribution in [0.4, 0.5) is 10.1 Å². The second kappa shape index (κ2) is 10.4. The maximum atomic E-state index is 14.9. The molecule has 1 saturated heterocycles. The number of H-pyrrole nitrogens is 1. The van der Waals surface area contributed by atoms with Crippen molar-refractivity contribution in [3.63, 3.8) is 0 Å². The van der Waals surface area contributed by atoms with Gasteiger partial charge in [-0.3, -0.25) is 14.8 Å². The molecule has 0 unspecified atom stereocenters. The third-order valence-corrected chi connectivity index (χ3v) is 7.47. The molecule has 2 aromatic carbocycles. The molecule has 0 spiro atoms. The third-order valence-electron chi connectivity index (χ3n) is 7.17. The van der Waals surface area contributed by atoms with Gasteiger partial charge in [-0.2, -0.15) is 0 Å². The second-order valence-corrected chi connectivity index (χ2v) is 10.2. The molecular formula is C30H27ClFN5O. The lowest BCUT2D eigenvalue weighted by atomic mass is 10.0. The van der Waals surface area contributed by atoms with Gasteiger partial charge in [-0.05, 0) is 61.2 Å². The van der Waals surface area contributed by atoms with Crippen LogP contribution in [0.5, 0.6) is 0 Å². The number of nitrogens with one attached hydrogen (secondary N) is 2. The van der Waals surface area contributed by atoms with Crippen molar-refractivity contribution in [1.82, 2.24) is 20.3 Å². The van der Waals surface area contributed by atoms with Crippen molar-refractivity contribution >= 4 is 45.0 Å². The molecular weight excluding hydrogens is 501 g/mol. The number of carbonyl (C=O) groups is 1. The van der Waals surface area contributed by atoms with E-state index in [-0.39, 0.29) is 12.5 Å². The largest absolute Gasteiger partial charge is 0.370 e. The highest BCUT2D eigenvalue weighted by Gasteiger charge is 2.15. The number of fused-ring (bicyclic) bond motifs is 2. The minimum Gasteiger partial charge on any atom is -0.370 e. The summed E-state index contributed by atoms with van der Waals surface area (Å²) >= 11 is 6.10. The first-order valence-electron chi connectivity index (χ1n) is 12.9. The molecule has 0 atom stereocenters. The number of benzene rings is 2. The van der Waals surface area contributed by atoms with Crippen molar-refractivity contribution in [2.45, 2.75) is 32.2 Å². The number of aromatic amines is 1. The number of amides is 1. The van der Waals surface area contributed by atoms with Crippen LogP contribution >= 0.6 is 11.6 Å². The van der Waals surface area contributed by atoms with E-state index in [0.29, 0.717) is 33.5 Å². The average Bonchev–Trinajstić information content (AvgIpc) is 3.34. The van der Waals surface area contributed by atoms with Crippen molar-refractivity contribution < 1.29 is 9.18 Å². The number of aromatic nitrogens is 3. The smallest absolute Gasteiger partial charge is 0.251 e. The predicted octanol–water partition coefficient (Wildman–Crippen LogP) is 6.41. The molecule has 192 valence electrons. The van der Waals surface area contributed by atoms with Crippen LogP contribution in [-0.4, -0.2) is 33.9 Å². The van der Waals surface area contributed by atoms with Crippen molar-refractivity contribution in [2.75, 3.05) is 18.0 Å². The van der Waals surface area contributed by atoms with Crippen molar-refractivity contribution in [3.8, 4) is 0 Å². The van der Waals surface area contributed by atoms with Crippen LogP contribution in [0.3, 0.4) is 0 Å². The minimum atomic E-state index is -0.432. The maximum Gasteiger partial charge on any atom is 0.251 e. The SMILES string of the molecule is O=C(NCc1ccc2[nH]cc(Cl)c2c1F)c1ccnc(Cc2ccc3ncc(N4CCCCC4)cc3c2)c1. The van der Waals surface area contributed by atoms with Crippen LogP contribution < -0.4 is 10.2 Å². The molecule has 0 radical (unpaired) electrons. The fourth-order valence-corrected chi connectivity index (χ4v) is 5.37. The van der Waals surface area contributed by atoms with E-state index in [2.05, 4.69) is 43.4 Å². The number of piperidine rings is 1. The number of nitrogens with zero attached hydrogens (tertiary/aromatic N) is 3. The zero-order valence-electron chi connectivity index (χ0n) is 20.8. The Kier molecular flexibility index (Phi) is 6.68. The average molecular weight is 528 g/mol. The number of carbonyl (C=O) groups excluding carboxylic acids is 1. The quantitative estimate of drug-likeness (QED) is 0.267. The molecule has 1 aliphatic heterocycles. The van der Waals surface area contributed by atoms with Gasteiger partial charge in [0.2, 0.25) is 0 Å². The molecule has 38 heavy (non-hydrogen) atoms. The van der Waals surface area contributed by atoms with E-state index in [0.717, 1.165) is 35.2 Å². The normalized spacial score (nSPS) is 13.8. The molecule has 0 bridgehead atoms. The summed E-state index contributed by atoms with van der Waals surface area (Å²) in [5.74, 6) is -0.721. The van der Waals surface area contributed by atoms with Crippen LogP contribution in [-0.2, 0) is 13.0 Å². The molecule has 2 N–H and O–H groups in total. The summed E-state index contributed by atoms with van der Waals surface area (Å²) in [4.78, 5) is 27.3. The Morgan fingerprint density at radius 2 is 1.92 bits per heavy atom. The van der Waals surface area contributed by atoms with Gasteiger partial charge in [0.25, 0.3) is 5.91 Å². The summed E-state index contributed by atoms with van der Waals surface area (Å²) in [6.07, 6.45) is 9.47. The molecule has 1 fully saturated rings. The van der Waals surface area contributed by atoms with Crippen LogP contribution in [0.25, 0.3) is 21.8 Å². The van der Waals surface area contributed by atoms with Gasteiger partial charge >= 0.3 is 0 Å². The third kappa shape index (κ3) is 4.94. The van der Waals surface area contributed by atoms with Crippen molar-refractivity contribution in [1.29, 1.82) is 0 Å². The van der Waals surface area contributed by atoms with Gasteiger partial charge in [0.05, 0.1) is 27.8 Å². The molecule has 0 saturated carbocycles. The molecule has 3 aromatic heterocycles. The van der Waals surface area contributed by atoms with Gasteiger partial charge in [0.1, 0.15) is 5.82 Å². The predicted molar refractivity (Wildman–Crippen MR) is 149 cm³/mol. The lowest BCUT2D eigenvalue weighted by molar-refractivity contribution is 0.0950. The van der Waals surface area contributed by atoms with Crippen molar-refractivity contribution in [2.24, 2.45) is 0 Å². The Labute approximate surface area is 224 Å². The Morgan fingerprint density at radius 1 is 1.05 bits per heavy atom. The number of pyridine rings is 2. The Bertz CT molecular complexity index is 1640. The summed E-state index contributed by atoms with van der Waals surface area (Å²) < 4.78 is 14.9.